The molecule has 0 bridgehead atoms. The van der Waals surface area contributed by atoms with Crippen LogP contribution in [-0.2, 0) is 19.6 Å². The van der Waals surface area contributed by atoms with Gasteiger partial charge in [-0.1, -0.05) is 6.07 Å². The van der Waals surface area contributed by atoms with Crippen LogP contribution >= 0.6 is 0 Å². The molecule has 3 heterocycles. The Kier molecular flexibility index (Phi) is 6.14. The smallest absolute Gasteiger partial charge is 0.258 e. The van der Waals surface area contributed by atoms with E-state index in [2.05, 4.69) is 42.7 Å². The number of likely N-dealkylation sites (N-methyl/N-ethyl adjacent to an activating group) is 1. The van der Waals surface area contributed by atoms with Crippen molar-refractivity contribution in [3.05, 3.63) is 76.1 Å². The maximum Gasteiger partial charge on any atom is 0.258 e. The minimum Gasteiger partial charge on any atom is -0.379 e. The number of carbonyl (C=O) groups excluding carboxylic acids is 1. The molecule has 0 aliphatic carbocycles. The van der Waals surface area contributed by atoms with Crippen molar-refractivity contribution in [3.8, 4) is 5.69 Å². The highest BCUT2D eigenvalue weighted by molar-refractivity contribution is 7.89. The van der Waals surface area contributed by atoms with E-state index in [4.69, 9.17) is 4.74 Å². The number of sulfonamides is 1. The fraction of sp³-hybridized carbons (Fsp3) is 0.321. The summed E-state index contributed by atoms with van der Waals surface area (Å²) in [6, 6.07) is 13.4. The topological polar surface area (TPSA) is 71.9 Å². The fourth-order valence-corrected chi connectivity index (χ4v) is 6.45. The lowest BCUT2D eigenvalue weighted by Gasteiger charge is -2.26. The van der Waals surface area contributed by atoms with Crippen LogP contribution in [0.3, 0.4) is 0 Å². The second-order valence-corrected chi connectivity index (χ2v) is 11.5. The number of nitrogens with zero attached hydrogens (tertiary/aromatic N) is 3. The fourth-order valence-electron chi connectivity index (χ4n) is 5.02. The van der Waals surface area contributed by atoms with Gasteiger partial charge in [-0.15, -0.1) is 0 Å². The lowest BCUT2D eigenvalue weighted by Crippen LogP contribution is -2.40. The van der Waals surface area contributed by atoms with E-state index in [1.54, 1.807) is 30.1 Å². The van der Waals surface area contributed by atoms with Crippen molar-refractivity contribution in [3.63, 3.8) is 0 Å². The number of carbonyl (C=O) groups is 1. The van der Waals surface area contributed by atoms with E-state index in [9.17, 15) is 13.2 Å². The maximum absolute atomic E-state index is 13.3. The molecule has 0 radical (unpaired) electrons. The third-order valence-electron chi connectivity index (χ3n) is 7.28. The van der Waals surface area contributed by atoms with Crippen molar-refractivity contribution in [2.75, 3.05) is 38.3 Å². The first-order chi connectivity index (χ1) is 17.1. The predicted octanol–water partition coefficient (Wildman–Crippen LogP) is 4.25. The minimum atomic E-state index is -3.68. The Balaban J connectivity index is 1.59. The highest BCUT2D eigenvalue weighted by Gasteiger charge is 2.33. The van der Waals surface area contributed by atoms with Crippen LogP contribution in [0.1, 0.15) is 33.6 Å². The van der Waals surface area contributed by atoms with Gasteiger partial charge in [0.1, 0.15) is 0 Å². The molecule has 0 spiro atoms. The number of rotatable bonds is 4. The molecule has 0 N–H and O–H groups in total. The van der Waals surface area contributed by atoms with Crippen LogP contribution in [0, 0.1) is 27.7 Å². The zero-order valence-electron chi connectivity index (χ0n) is 21.3. The molecule has 3 aromatic rings. The number of morpholine rings is 1. The number of hydrogen-bond donors (Lipinski definition) is 0. The summed E-state index contributed by atoms with van der Waals surface area (Å²) < 4.78 is 35.5. The summed E-state index contributed by atoms with van der Waals surface area (Å²) in [5.41, 5.74) is 8.37. The maximum atomic E-state index is 13.3. The van der Waals surface area contributed by atoms with Gasteiger partial charge in [0.15, 0.2) is 0 Å². The summed E-state index contributed by atoms with van der Waals surface area (Å²) in [6.07, 6.45) is 1.88. The Bertz CT molecular complexity index is 1510. The normalized spacial score (nSPS) is 17.8. The number of aromatic nitrogens is 1. The molecule has 0 saturated carbocycles. The molecule has 188 valence electrons. The summed E-state index contributed by atoms with van der Waals surface area (Å²) in [4.78, 5) is 15.0. The van der Waals surface area contributed by atoms with Crippen molar-refractivity contribution in [2.45, 2.75) is 32.6 Å². The van der Waals surface area contributed by atoms with Crippen LogP contribution in [0.4, 0.5) is 5.69 Å². The molecule has 8 heteroatoms. The number of amides is 1. The van der Waals surface area contributed by atoms with Gasteiger partial charge in [0.2, 0.25) is 10.0 Å². The van der Waals surface area contributed by atoms with Gasteiger partial charge in [0.25, 0.3) is 5.91 Å². The molecule has 7 nitrogen and oxygen atoms in total. The van der Waals surface area contributed by atoms with Crippen LogP contribution in [0.25, 0.3) is 17.3 Å². The molecule has 5 rings (SSSR count). The van der Waals surface area contributed by atoms with Crippen molar-refractivity contribution in [1.29, 1.82) is 0 Å². The predicted molar refractivity (Wildman–Crippen MR) is 142 cm³/mol. The summed E-state index contributed by atoms with van der Waals surface area (Å²) >= 11 is 0. The third kappa shape index (κ3) is 3.99. The Morgan fingerprint density at radius 3 is 2.33 bits per heavy atom. The number of fused-ring (bicyclic) bond motifs is 1. The Morgan fingerprint density at radius 1 is 0.917 bits per heavy atom. The second-order valence-electron chi connectivity index (χ2n) is 9.55. The monoisotopic (exact) mass is 505 g/mol. The Labute approximate surface area is 212 Å². The number of anilines is 1. The molecule has 1 saturated heterocycles. The van der Waals surface area contributed by atoms with Gasteiger partial charge in [-0.3, -0.25) is 4.79 Å². The van der Waals surface area contributed by atoms with Crippen molar-refractivity contribution in [1.82, 2.24) is 8.87 Å². The van der Waals surface area contributed by atoms with Crippen LogP contribution in [0.5, 0.6) is 0 Å². The van der Waals surface area contributed by atoms with E-state index in [1.807, 2.05) is 19.9 Å². The van der Waals surface area contributed by atoms with E-state index in [1.165, 1.54) is 15.4 Å². The molecule has 36 heavy (non-hydrogen) atoms. The van der Waals surface area contributed by atoms with Crippen molar-refractivity contribution >= 4 is 33.3 Å². The molecule has 0 atom stereocenters. The van der Waals surface area contributed by atoms with E-state index < -0.39 is 10.0 Å². The van der Waals surface area contributed by atoms with Crippen LogP contribution < -0.4 is 4.90 Å². The van der Waals surface area contributed by atoms with Gasteiger partial charge in [0.05, 0.1) is 23.8 Å². The second kappa shape index (κ2) is 9.03. The number of hydrogen-bond acceptors (Lipinski definition) is 4. The Hall–Kier alpha value is -3.20. The average Bonchev–Trinajstić information content (AvgIpc) is 3.28. The molecule has 0 unspecified atom stereocenters. The summed E-state index contributed by atoms with van der Waals surface area (Å²) in [5.74, 6) is -0.151. The highest BCUT2D eigenvalue weighted by atomic mass is 32.2. The largest absolute Gasteiger partial charge is 0.379 e. The number of benzene rings is 2. The van der Waals surface area contributed by atoms with Gasteiger partial charge < -0.3 is 14.2 Å². The van der Waals surface area contributed by atoms with Crippen molar-refractivity contribution in [2.24, 2.45) is 0 Å². The van der Waals surface area contributed by atoms with E-state index in [-0.39, 0.29) is 10.8 Å². The van der Waals surface area contributed by atoms with Crippen LogP contribution in [-0.4, -0.2) is 56.5 Å². The molecule has 1 aromatic heterocycles. The first-order valence-electron chi connectivity index (χ1n) is 12.1. The molecular weight excluding hydrogens is 474 g/mol. The van der Waals surface area contributed by atoms with Gasteiger partial charge in [0, 0.05) is 48.3 Å². The molecular formula is C28H31N3O4S. The molecule has 2 aromatic carbocycles. The molecule has 1 amide bonds. The van der Waals surface area contributed by atoms with Gasteiger partial charge in [-0.2, -0.15) is 4.31 Å². The molecule has 2 aliphatic heterocycles. The van der Waals surface area contributed by atoms with Gasteiger partial charge >= 0.3 is 0 Å². The third-order valence-corrected chi connectivity index (χ3v) is 9.18. The Morgan fingerprint density at radius 2 is 1.64 bits per heavy atom. The zero-order chi connectivity index (χ0) is 25.8. The summed E-state index contributed by atoms with van der Waals surface area (Å²) in [5, 5.41) is 0. The van der Waals surface area contributed by atoms with Gasteiger partial charge in [-0.05, 0) is 86.9 Å². The van der Waals surface area contributed by atoms with E-state index in [0.29, 0.717) is 43.1 Å². The number of ether oxygens (including phenoxy) is 1. The van der Waals surface area contributed by atoms with E-state index in [0.717, 1.165) is 22.6 Å². The zero-order valence-corrected chi connectivity index (χ0v) is 22.1. The van der Waals surface area contributed by atoms with Crippen LogP contribution in [0.2, 0.25) is 0 Å². The summed E-state index contributed by atoms with van der Waals surface area (Å²) in [6.45, 7) is 9.70. The molecule has 1 fully saturated rings. The van der Waals surface area contributed by atoms with Gasteiger partial charge in [-0.25, -0.2) is 8.42 Å². The first-order valence-corrected chi connectivity index (χ1v) is 13.5. The molecule has 2 aliphatic rings. The highest BCUT2D eigenvalue weighted by Crippen LogP contribution is 2.39. The standard InChI is InChI=1S/C28H31N3O4S/c1-18-6-7-23(14-19(18)2)31-20(3)15-22(21(31)4)16-26-25-17-24(8-9-27(25)29(5)28(26)32)36(33,34)30-10-12-35-13-11-30/h6-9,14-17H,10-13H2,1-5H3/b26-16-. The van der Waals surface area contributed by atoms with Crippen molar-refractivity contribution < 1.29 is 17.9 Å². The summed E-state index contributed by atoms with van der Waals surface area (Å²) in [7, 11) is -1.96. The quantitative estimate of drug-likeness (QED) is 0.497. The lowest BCUT2D eigenvalue weighted by atomic mass is 10.0. The lowest BCUT2D eigenvalue weighted by molar-refractivity contribution is -0.112. The van der Waals surface area contributed by atoms with E-state index >= 15 is 0 Å². The SMILES string of the molecule is Cc1ccc(-n2c(C)cc(/C=C3\C(=O)N(C)c4ccc(S(=O)(=O)N5CCOCC5)cc43)c2C)cc1C. The number of aryl methyl sites for hydroxylation is 3. The van der Waals surface area contributed by atoms with Crippen LogP contribution in [0.15, 0.2) is 47.4 Å². The average molecular weight is 506 g/mol. The minimum absolute atomic E-state index is 0.151. The first kappa shape index (κ1) is 24.5.